The molecule has 2 heterocycles. The van der Waals surface area contributed by atoms with Crippen molar-refractivity contribution in [3.8, 4) is 0 Å². The number of pyridine rings is 1. The van der Waals surface area contributed by atoms with Gasteiger partial charge >= 0.3 is 12.1 Å². The highest BCUT2D eigenvalue weighted by Gasteiger charge is 2.53. The molecule has 11 heteroatoms. The number of ether oxygens (including phenoxy) is 2. The number of nitrogens with zero attached hydrogens (tertiary/aromatic N) is 2. The summed E-state index contributed by atoms with van der Waals surface area (Å²) >= 11 is 0. The summed E-state index contributed by atoms with van der Waals surface area (Å²) in [7, 11) is 1.12. The van der Waals surface area contributed by atoms with Gasteiger partial charge in [-0.25, -0.2) is 22.8 Å². The van der Waals surface area contributed by atoms with E-state index >= 15 is 0 Å². The van der Waals surface area contributed by atoms with Crippen molar-refractivity contribution in [1.82, 2.24) is 9.47 Å². The molecule has 2 atom stereocenters. The third-order valence-corrected chi connectivity index (χ3v) is 5.64. The van der Waals surface area contributed by atoms with Crippen LogP contribution in [0.4, 0.5) is 23.7 Å². The number of nitrogens with one attached hydrogen (secondary N) is 1. The lowest BCUT2D eigenvalue weighted by molar-refractivity contribution is 0.0125. The molecule has 1 aromatic heterocycles. The van der Waals surface area contributed by atoms with E-state index in [1.165, 1.54) is 4.90 Å². The van der Waals surface area contributed by atoms with Crippen molar-refractivity contribution in [3.05, 3.63) is 28.2 Å². The monoisotopic (exact) mass is 459 g/mol. The standard InChI is InChI=1S/C21H28F3N3O5/c1-20(2,3)32-19(30)26-8-5-14(13(22)11-26)25-15-9-16(28)27(10-12(15)17(29)31-4)21(6-7-21)18(23)24/h9-10,13-14,18,25H,5-8,11H2,1-4H3. The number of carbonyl (C=O) groups excluding carboxylic acids is 2. The van der Waals surface area contributed by atoms with Gasteiger partial charge in [0.2, 0.25) is 0 Å². The molecule has 0 aromatic carbocycles. The Morgan fingerprint density at radius 3 is 2.44 bits per heavy atom. The molecule has 8 nitrogen and oxygen atoms in total. The van der Waals surface area contributed by atoms with Crippen LogP contribution in [0.5, 0.6) is 0 Å². The van der Waals surface area contributed by atoms with Gasteiger partial charge in [0.15, 0.2) is 0 Å². The van der Waals surface area contributed by atoms with Gasteiger partial charge in [-0.2, -0.15) is 0 Å². The maximum Gasteiger partial charge on any atom is 0.410 e. The van der Waals surface area contributed by atoms with E-state index in [1.54, 1.807) is 20.8 Å². The maximum absolute atomic E-state index is 14.9. The van der Waals surface area contributed by atoms with Crippen molar-refractivity contribution in [2.24, 2.45) is 0 Å². The Morgan fingerprint density at radius 2 is 1.94 bits per heavy atom. The summed E-state index contributed by atoms with van der Waals surface area (Å²) in [5.74, 6) is -0.840. The van der Waals surface area contributed by atoms with Gasteiger partial charge in [0.25, 0.3) is 12.0 Å². The molecule has 1 amide bonds. The Morgan fingerprint density at radius 1 is 1.28 bits per heavy atom. The summed E-state index contributed by atoms with van der Waals surface area (Å²) < 4.78 is 52.7. The van der Waals surface area contributed by atoms with Crippen molar-refractivity contribution < 1.29 is 32.2 Å². The summed E-state index contributed by atoms with van der Waals surface area (Å²) in [4.78, 5) is 38.3. The van der Waals surface area contributed by atoms with Crippen LogP contribution in [-0.2, 0) is 15.0 Å². The third kappa shape index (κ3) is 4.86. The predicted molar refractivity (Wildman–Crippen MR) is 110 cm³/mol. The fourth-order valence-corrected chi connectivity index (χ4v) is 3.72. The van der Waals surface area contributed by atoms with Crippen molar-refractivity contribution in [3.63, 3.8) is 0 Å². The lowest BCUT2D eigenvalue weighted by Gasteiger charge is -2.36. The zero-order valence-electron chi connectivity index (χ0n) is 18.5. The Labute approximate surface area is 183 Å². The number of likely N-dealkylation sites (tertiary alicyclic amines) is 1. The van der Waals surface area contributed by atoms with Gasteiger partial charge in [-0.1, -0.05) is 0 Å². The van der Waals surface area contributed by atoms with E-state index in [4.69, 9.17) is 9.47 Å². The molecule has 2 aliphatic rings. The molecule has 2 unspecified atom stereocenters. The molecule has 1 aliphatic heterocycles. The van der Waals surface area contributed by atoms with Crippen LogP contribution in [0.15, 0.2) is 17.1 Å². The second kappa shape index (κ2) is 8.67. The number of aromatic nitrogens is 1. The van der Waals surface area contributed by atoms with Crippen LogP contribution in [0, 0.1) is 0 Å². The van der Waals surface area contributed by atoms with Gasteiger partial charge in [0.05, 0.1) is 30.9 Å². The number of halogens is 3. The van der Waals surface area contributed by atoms with Crippen molar-refractivity contribution in [1.29, 1.82) is 0 Å². The van der Waals surface area contributed by atoms with E-state index in [9.17, 15) is 27.6 Å². The third-order valence-electron chi connectivity index (χ3n) is 5.64. The first-order valence-electron chi connectivity index (χ1n) is 10.4. The first kappa shape index (κ1) is 23.9. The smallest absolute Gasteiger partial charge is 0.410 e. The van der Waals surface area contributed by atoms with Gasteiger partial charge in [-0.15, -0.1) is 0 Å². The summed E-state index contributed by atoms with van der Waals surface area (Å²) in [5.41, 5.74) is -3.20. The van der Waals surface area contributed by atoms with E-state index in [0.29, 0.717) is 0 Å². The fraction of sp³-hybridized carbons (Fsp3) is 0.667. The van der Waals surface area contributed by atoms with Crippen molar-refractivity contribution in [2.75, 3.05) is 25.5 Å². The van der Waals surface area contributed by atoms with Crippen LogP contribution < -0.4 is 10.9 Å². The average molecular weight is 459 g/mol. The zero-order valence-corrected chi connectivity index (χ0v) is 18.5. The molecule has 0 spiro atoms. The number of hydrogen-bond acceptors (Lipinski definition) is 6. The fourth-order valence-electron chi connectivity index (χ4n) is 3.72. The molecule has 1 saturated carbocycles. The number of rotatable bonds is 5. The predicted octanol–water partition coefficient (Wildman–Crippen LogP) is 3.15. The van der Waals surface area contributed by atoms with Crippen molar-refractivity contribution in [2.45, 2.75) is 69.8 Å². The quantitative estimate of drug-likeness (QED) is 0.681. The molecule has 1 aromatic rings. The lowest BCUT2D eigenvalue weighted by atomic mass is 10.0. The molecular weight excluding hydrogens is 431 g/mol. The average Bonchev–Trinajstić information content (AvgIpc) is 3.49. The highest BCUT2D eigenvalue weighted by Crippen LogP contribution is 2.48. The Bertz CT molecular complexity index is 940. The molecule has 1 N–H and O–H groups in total. The first-order valence-corrected chi connectivity index (χ1v) is 10.4. The zero-order chi connectivity index (χ0) is 23.8. The Kier molecular flexibility index (Phi) is 6.48. The van der Waals surface area contributed by atoms with Gasteiger partial charge in [0.1, 0.15) is 17.3 Å². The summed E-state index contributed by atoms with van der Waals surface area (Å²) in [6.07, 6.45) is -3.43. The second-order valence-electron chi connectivity index (χ2n) is 9.19. The van der Waals surface area contributed by atoms with Crippen LogP contribution in [0.25, 0.3) is 0 Å². The van der Waals surface area contributed by atoms with Gasteiger partial charge in [0, 0.05) is 18.8 Å². The number of amides is 1. The van der Waals surface area contributed by atoms with E-state index < -0.39 is 47.4 Å². The lowest BCUT2D eigenvalue weighted by Crippen LogP contribution is -2.51. The van der Waals surface area contributed by atoms with E-state index in [0.717, 1.165) is 23.9 Å². The summed E-state index contributed by atoms with van der Waals surface area (Å²) in [5, 5.41) is 2.84. The van der Waals surface area contributed by atoms with Gasteiger partial charge in [-0.3, -0.25) is 4.79 Å². The molecule has 178 valence electrons. The minimum atomic E-state index is -2.77. The number of alkyl halides is 3. The van der Waals surface area contributed by atoms with Crippen LogP contribution >= 0.6 is 0 Å². The number of carbonyl (C=O) groups is 2. The van der Waals surface area contributed by atoms with Crippen LogP contribution in [0.1, 0.15) is 50.4 Å². The molecular formula is C21H28F3N3O5. The minimum absolute atomic E-state index is 0.00142. The number of methoxy groups -OCH3 is 1. The first-order chi connectivity index (χ1) is 14.9. The topological polar surface area (TPSA) is 89.9 Å². The highest BCUT2D eigenvalue weighted by atomic mass is 19.3. The normalized spacial score (nSPS) is 22.4. The number of hydrogen-bond donors (Lipinski definition) is 1. The Balaban J connectivity index is 1.80. The van der Waals surface area contributed by atoms with E-state index in [1.807, 2.05) is 0 Å². The molecule has 32 heavy (non-hydrogen) atoms. The SMILES string of the molecule is COC(=O)c1cn(C2(C(F)F)CC2)c(=O)cc1NC1CCN(C(=O)OC(C)(C)C)CC1F. The maximum atomic E-state index is 14.9. The number of piperidine rings is 1. The largest absolute Gasteiger partial charge is 0.465 e. The summed E-state index contributed by atoms with van der Waals surface area (Å²) in [6, 6.07) is 0.208. The Hall–Kier alpha value is -2.72. The van der Waals surface area contributed by atoms with Crippen molar-refractivity contribution >= 4 is 17.7 Å². The van der Waals surface area contributed by atoms with Crippen LogP contribution in [0.3, 0.4) is 0 Å². The number of esters is 1. The van der Waals surface area contributed by atoms with Crippen LogP contribution in [0.2, 0.25) is 0 Å². The molecule has 1 saturated heterocycles. The molecule has 2 fully saturated rings. The van der Waals surface area contributed by atoms with E-state index in [2.05, 4.69) is 5.32 Å². The molecule has 0 radical (unpaired) electrons. The van der Waals surface area contributed by atoms with Crippen LogP contribution in [-0.4, -0.2) is 66.0 Å². The minimum Gasteiger partial charge on any atom is -0.465 e. The van der Waals surface area contributed by atoms with E-state index in [-0.39, 0.29) is 43.6 Å². The van der Waals surface area contributed by atoms with Gasteiger partial charge < -0.3 is 24.3 Å². The summed E-state index contributed by atoms with van der Waals surface area (Å²) in [6.45, 7) is 5.10. The second-order valence-corrected chi connectivity index (χ2v) is 9.19. The molecule has 0 bridgehead atoms. The number of anilines is 1. The van der Waals surface area contributed by atoms with Gasteiger partial charge in [-0.05, 0) is 40.0 Å². The molecule has 1 aliphatic carbocycles. The molecule has 3 rings (SSSR count). The highest BCUT2D eigenvalue weighted by molar-refractivity contribution is 5.95.